The summed E-state index contributed by atoms with van der Waals surface area (Å²) in [4.78, 5) is 24.9. The van der Waals surface area contributed by atoms with Crippen molar-refractivity contribution < 1.29 is 14.3 Å². The average molecular weight is 303 g/mol. The van der Waals surface area contributed by atoms with Crippen LogP contribution in [0.5, 0.6) is 0 Å². The van der Waals surface area contributed by atoms with Gasteiger partial charge in [-0.05, 0) is 43.0 Å². The Balaban J connectivity index is 2.11. The first-order valence-corrected chi connectivity index (χ1v) is 7.58. The van der Waals surface area contributed by atoms with E-state index in [9.17, 15) is 9.59 Å². The van der Waals surface area contributed by atoms with Gasteiger partial charge < -0.3 is 10.1 Å². The fourth-order valence-electron chi connectivity index (χ4n) is 1.97. The van der Waals surface area contributed by atoms with E-state index in [0.29, 0.717) is 24.3 Å². The van der Waals surface area contributed by atoms with Crippen LogP contribution in [0.3, 0.4) is 0 Å². The molecule has 4 nitrogen and oxygen atoms in total. The van der Waals surface area contributed by atoms with Gasteiger partial charge >= 0.3 is 5.97 Å². The number of hydrogen-bond donors (Lipinski definition) is 1. The summed E-state index contributed by atoms with van der Waals surface area (Å²) >= 11 is 1.55. The van der Waals surface area contributed by atoms with Gasteiger partial charge in [0, 0.05) is 10.6 Å². The topological polar surface area (TPSA) is 55.4 Å². The highest BCUT2D eigenvalue weighted by Crippen LogP contribution is 2.20. The number of carbonyl (C=O) groups excluding carboxylic acids is 2. The normalized spacial score (nSPS) is 10.2. The molecule has 0 saturated carbocycles. The molecule has 0 atom stereocenters. The number of benzene rings is 1. The van der Waals surface area contributed by atoms with Crippen molar-refractivity contribution in [3.8, 4) is 0 Å². The summed E-state index contributed by atoms with van der Waals surface area (Å²) in [6.07, 6.45) is 0.334. The Bertz CT molecular complexity index is 635. The number of rotatable bonds is 5. The highest BCUT2D eigenvalue weighted by atomic mass is 32.1. The summed E-state index contributed by atoms with van der Waals surface area (Å²) in [5, 5.41) is 4.79. The smallest absolute Gasteiger partial charge is 0.338 e. The third-order valence-electron chi connectivity index (χ3n) is 3.02. The molecule has 1 aromatic carbocycles. The number of hydrogen-bond acceptors (Lipinski definition) is 4. The van der Waals surface area contributed by atoms with Crippen molar-refractivity contribution in [3.63, 3.8) is 0 Å². The van der Waals surface area contributed by atoms with Crippen molar-refractivity contribution in [2.45, 2.75) is 20.3 Å². The second kappa shape index (κ2) is 7.04. The number of anilines is 1. The molecule has 110 valence electrons. The van der Waals surface area contributed by atoms with Crippen LogP contribution in [0, 0.1) is 6.92 Å². The van der Waals surface area contributed by atoms with E-state index in [1.165, 1.54) is 0 Å². The fourth-order valence-corrected chi connectivity index (χ4v) is 2.67. The molecule has 21 heavy (non-hydrogen) atoms. The molecule has 0 aliphatic rings. The molecule has 1 amide bonds. The minimum absolute atomic E-state index is 0.0958. The van der Waals surface area contributed by atoms with E-state index >= 15 is 0 Å². The van der Waals surface area contributed by atoms with Crippen LogP contribution in [-0.4, -0.2) is 18.5 Å². The molecule has 0 saturated heterocycles. The van der Waals surface area contributed by atoms with E-state index in [1.807, 2.05) is 17.5 Å². The van der Waals surface area contributed by atoms with Crippen LogP contribution in [0.15, 0.2) is 35.7 Å². The van der Waals surface area contributed by atoms with Gasteiger partial charge in [0.25, 0.3) is 0 Å². The Hall–Kier alpha value is -2.14. The SMILES string of the molecule is CCOC(=O)c1cccc(NC(=O)Cc2cccs2)c1C. The third kappa shape index (κ3) is 3.92. The lowest BCUT2D eigenvalue weighted by Gasteiger charge is -2.11. The molecule has 0 spiro atoms. The van der Waals surface area contributed by atoms with Crippen LogP contribution < -0.4 is 5.32 Å². The predicted octanol–water partition coefficient (Wildman–Crippen LogP) is 3.41. The molecule has 1 N–H and O–H groups in total. The van der Waals surface area contributed by atoms with E-state index in [1.54, 1.807) is 43.4 Å². The van der Waals surface area contributed by atoms with E-state index in [-0.39, 0.29) is 11.9 Å². The lowest BCUT2D eigenvalue weighted by Crippen LogP contribution is -2.16. The first kappa shape index (κ1) is 15.3. The zero-order valence-corrected chi connectivity index (χ0v) is 12.8. The summed E-state index contributed by atoms with van der Waals surface area (Å²) in [6, 6.07) is 9.05. The zero-order chi connectivity index (χ0) is 15.2. The first-order valence-electron chi connectivity index (χ1n) is 6.70. The molecule has 0 radical (unpaired) electrons. The van der Waals surface area contributed by atoms with E-state index in [0.717, 1.165) is 10.4 Å². The van der Waals surface area contributed by atoms with Crippen molar-refractivity contribution in [2.24, 2.45) is 0 Å². The van der Waals surface area contributed by atoms with Gasteiger partial charge in [-0.2, -0.15) is 0 Å². The van der Waals surface area contributed by atoms with E-state index in [4.69, 9.17) is 4.74 Å². The number of ether oxygens (including phenoxy) is 1. The monoisotopic (exact) mass is 303 g/mol. The summed E-state index contributed by atoms with van der Waals surface area (Å²) in [7, 11) is 0. The van der Waals surface area contributed by atoms with Crippen molar-refractivity contribution in [2.75, 3.05) is 11.9 Å². The Morgan fingerprint density at radius 1 is 1.24 bits per heavy atom. The maximum absolute atomic E-state index is 12.0. The Morgan fingerprint density at radius 3 is 2.71 bits per heavy atom. The minimum Gasteiger partial charge on any atom is -0.462 e. The van der Waals surface area contributed by atoms with Gasteiger partial charge in [-0.25, -0.2) is 4.79 Å². The second-order valence-electron chi connectivity index (χ2n) is 4.50. The predicted molar refractivity (Wildman–Crippen MR) is 83.8 cm³/mol. The molecule has 0 fully saturated rings. The maximum Gasteiger partial charge on any atom is 0.338 e. The molecule has 5 heteroatoms. The van der Waals surface area contributed by atoms with Crippen LogP contribution in [-0.2, 0) is 16.0 Å². The molecule has 2 rings (SSSR count). The lowest BCUT2D eigenvalue weighted by atomic mass is 10.1. The molecule has 2 aromatic rings. The second-order valence-corrected chi connectivity index (χ2v) is 5.54. The molecular weight excluding hydrogens is 286 g/mol. The van der Waals surface area contributed by atoms with Gasteiger partial charge in [0.15, 0.2) is 0 Å². The van der Waals surface area contributed by atoms with Crippen LogP contribution >= 0.6 is 11.3 Å². The third-order valence-corrected chi connectivity index (χ3v) is 3.89. The summed E-state index contributed by atoms with van der Waals surface area (Å²) in [5.74, 6) is -0.467. The Kier molecular flexibility index (Phi) is 5.11. The molecule has 1 heterocycles. The maximum atomic E-state index is 12.0. The zero-order valence-electron chi connectivity index (χ0n) is 12.0. The number of amides is 1. The van der Waals surface area contributed by atoms with Crippen molar-refractivity contribution >= 4 is 28.9 Å². The average Bonchev–Trinajstić information content (AvgIpc) is 2.94. The van der Waals surface area contributed by atoms with Gasteiger partial charge in [0.2, 0.25) is 5.91 Å². The van der Waals surface area contributed by atoms with Gasteiger partial charge in [-0.1, -0.05) is 12.1 Å². The van der Waals surface area contributed by atoms with Crippen LogP contribution in [0.4, 0.5) is 5.69 Å². The Morgan fingerprint density at radius 2 is 2.05 bits per heavy atom. The lowest BCUT2D eigenvalue weighted by molar-refractivity contribution is -0.115. The number of esters is 1. The van der Waals surface area contributed by atoms with Gasteiger partial charge in [0.05, 0.1) is 18.6 Å². The summed E-state index contributed by atoms with van der Waals surface area (Å²) in [6.45, 7) is 3.89. The van der Waals surface area contributed by atoms with Crippen molar-refractivity contribution in [1.29, 1.82) is 0 Å². The van der Waals surface area contributed by atoms with Crippen molar-refractivity contribution in [1.82, 2.24) is 0 Å². The molecule has 1 aromatic heterocycles. The number of nitrogens with one attached hydrogen (secondary N) is 1. The fraction of sp³-hybridized carbons (Fsp3) is 0.250. The standard InChI is InChI=1S/C16H17NO3S/c1-3-20-16(19)13-7-4-8-14(11(13)2)17-15(18)10-12-6-5-9-21-12/h4-9H,3,10H2,1-2H3,(H,17,18). The number of carbonyl (C=O) groups is 2. The molecule has 0 unspecified atom stereocenters. The Labute approximate surface area is 127 Å². The molecule has 0 aliphatic carbocycles. The van der Waals surface area contributed by atoms with Gasteiger partial charge in [-0.15, -0.1) is 11.3 Å². The molecular formula is C16H17NO3S. The van der Waals surface area contributed by atoms with Crippen LogP contribution in [0.2, 0.25) is 0 Å². The molecule has 0 aliphatic heterocycles. The van der Waals surface area contributed by atoms with Gasteiger partial charge in [0.1, 0.15) is 0 Å². The highest BCUT2D eigenvalue weighted by molar-refractivity contribution is 7.10. The summed E-state index contributed by atoms with van der Waals surface area (Å²) in [5.41, 5.74) is 1.84. The number of thiophene rings is 1. The van der Waals surface area contributed by atoms with Gasteiger partial charge in [-0.3, -0.25) is 4.79 Å². The van der Waals surface area contributed by atoms with Crippen LogP contribution in [0.25, 0.3) is 0 Å². The minimum atomic E-state index is -0.371. The molecule has 0 bridgehead atoms. The largest absolute Gasteiger partial charge is 0.462 e. The van der Waals surface area contributed by atoms with E-state index < -0.39 is 0 Å². The van der Waals surface area contributed by atoms with Crippen LogP contribution in [0.1, 0.15) is 27.7 Å². The first-order chi connectivity index (χ1) is 10.1. The summed E-state index contributed by atoms with van der Waals surface area (Å²) < 4.78 is 5.00. The highest BCUT2D eigenvalue weighted by Gasteiger charge is 2.14. The quantitative estimate of drug-likeness (QED) is 0.861. The van der Waals surface area contributed by atoms with E-state index in [2.05, 4.69) is 5.32 Å². The van der Waals surface area contributed by atoms with Crippen molar-refractivity contribution in [3.05, 3.63) is 51.7 Å².